The maximum absolute atomic E-state index is 12.7. The number of rotatable bonds is 14. The van der Waals surface area contributed by atoms with Gasteiger partial charge in [-0.15, -0.1) is 11.8 Å². The largest absolute Gasteiger partial charge is 0.342 e. The van der Waals surface area contributed by atoms with Gasteiger partial charge < -0.3 is 10.1 Å². The summed E-state index contributed by atoms with van der Waals surface area (Å²) in [5.74, 6) is 1.42. The first-order valence-electron chi connectivity index (χ1n) is 14.2. The Kier molecular flexibility index (Phi) is 13.0. The van der Waals surface area contributed by atoms with E-state index in [-0.39, 0.29) is 16.7 Å². The summed E-state index contributed by atoms with van der Waals surface area (Å²) in [6, 6.07) is -0.560. The standard InChI is InChI=1S/C32H49N3O2S/c1-8-13-24(9-2)15-12-19-32(7)22-33-29(34-23-32)16-11-14-25(10-3)20-26(21-36)35-30(37)27-17-18-28(38-27)31(4,5)6/h10-12,14,17,19,21-22,24,26,28H,8-9,13,15-16,18,20,23H2,1-7H3,(H,35,37)/b14-11-,19-12+,25-10+/t24?,26-,28-,32+/m0/s1. The van der Waals surface area contributed by atoms with E-state index in [4.69, 9.17) is 4.99 Å². The van der Waals surface area contributed by atoms with E-state index < -0.39 is 6.04 Å². The van der Waals surface area contributed by atoms with Gasteiger partial charge >= 0.3 is 0 Å². The van der Waals surface area contributed by atoms with Crippen LogP contribution < -0.4 is 5.32 Å². The Morgan fingerprint density at radius 2 is 2.05 bits per heavy atom. The first-order chi connectivity index (χ1) is 18.0. The predicted octanol–water partition coefficient (Wildman–Crippen LogP) is 7.65. The first-order valence-corrected chi connectivity index (χ1v) is 15.1. The Bertz CT molecular complexity index is 983. The van der Waals surface area contributed by atoms with Crippen molar-refractivity contribution < 1.29 is 9.59 Å². The quantitative estimate of drug-likeness (QED) is 0.140. The fourth-order valence-corrected chi connectivity index (χ4v) is 5.78. The molecule has 0 aromatic heterocycles. The third kappa shape index (κ3) is 10.5. The van der Waals surface area contributed by atoms with Crippen LogP contribution in [0.4, 0.5) is 0 Å². The van der Waals surface area contributed by atoms with Crippen molar-refractivity contribution in [3.8, 4) is 0 Å². The molecule has 0 aromatic rings. The Hall–Kier alpha value is -2.21. The summed E-state index contributed by atoms with van der Waals surface area (Å²) in [4.78, 5) is 34.5. The number of amides is 1. The van der Waals surface area contributed by atoms with E-state index in [2.05, 4.69) is 64.0 Å². The SMILES string of the molecule is C/C=C(\C=C/CC1=NC[C@](C)(/C=C/CC(CC)CCC)C=N1)C[C@@H](C=O)NC(=O)C1=CC[C@@H](C(C)(C)C)S1. The second-order valence-corrected chi connectivity index (χ2v) is 13.1. The second kappa shape index (κ2) is 15.4. The van der Waals surface area contributed by atoms with Gasteiger partial charge in [0.1, 0.15) is 12.1 Å². The molecule has 0 bridgehead atoms. The van der Waals surface area contributed by atoms with Gasteiger partial charge in [0.2, 0.25) is 0 Å². The summed E-state index contributed by atoms with van der Waals surface area (Å²) < 4.78 is 0. The molecule has 4 atom stereocenters. The monoisotopic (exact) mass is 539 g/mol. The molecule has 2 aliphatic rings. The molecule has 210 valence electrons. The fraction of sp³-hybridized carbons (Fsp3) is 0.625. The summed E-state index contributed by atoms with van der Waals surface area (Å²) in [5.41, 5.74) is 1.00. The Labute approximate surface area is 235 Å². The van der Waals surface area contributed by atoms with E-state index in [9.17, 15) is 9.59 Å². The van der Waals surface area contributed by atoms with E-state index in [1.165, 1.54) is 19.3 Å². The molecule has 5 nitrogen and oxygen atoms in total. The van der Waals surface area contributed by atoms with Crippen LogP contribution in [0.5, 0.6) is 0 Å². The fourth-order valence-electron chi connectivity index (χ4n) is 4.57. The number of carbonyl (C=O) groups excluding carboxylic acids is 2. The van der Waals surface area contributed by atoms with Gasteiger partial charge in [-0.25, -0.2) is 4.99 Å². The molecule has 0 saturated carbocycles. The van der Waals surface area contributed by atoms with Gasteiger partial charge in [0.15, 0.2) is 0 Å². The number of amidine groups is 1. The lowest BCUT2D eigenvalue weighted by molar-refractivity contribution is -0.120. The molecule has 1 unspecified atom stereocenters. The van der Waals surface area contributed by atoms with Gasteiger partial charge in [-0.1, -0.05) is 95.9 Å². The molecule has 0 saturated heterocycles. The van der Waals surface area contributed by atoms with Crippen LogP contribution >= 0.6 is 11.8 Å². The molecule has 1 N–H and O–H groups in total. The normalized spacial score (nSPS) is 24.0. The van der Waals surface area contributed by atoms with Gasteiger partial charge in [-0.2, -0.15) is 0 Å². The molecule has 2 rings (SSSR count). The number of nitrogens with one attached hydrogen (secondary N) is 1. The minimum atomic E-state index is -0.560. The number of aliphatic imine (C=N–C) groups is 2. The zero-order valence-corrected chi connectivity index (χ0v) is 25.4. The number of aldehydes is 1. The molecule has 6 heteroatoms. The van der Waals surface area contributed by atoms with E-state index in [0.29, 0.717) is 24.6 Å². The lowest BCUT2D eigenvalue weighted by Crippen LogP contribution is -2.36. The Morgan fingerprint density at radius 3 is 2.61 bits per heavy atom. The summed E-state index contributed by atoms with van der Waals surface area (Å²) in [7, 11) is 0. The molecule has 0 spiro atoms. The number of carbonyl (C=O) groups is 2. The first kappa shape index (κ1) is 32.0. The highest BCUT2D eigenvalue weighted by Gasteiger charge is 2.32. The average molecular weight is 540 g/mol. The Balaban J connectivity index is 1.83. The summed E-state index contributed by atoms with van der Waals surface area (Å²) in [6.07, 6.45) is 22.3. The maximum atomic E-state index is 12.7. The van der Waals surface area contributed by atoms with E-state index in [1.807, 2.05) is 37.4 Å². The Morgan fingerprint density at radius 1 is 1.29 bits per heavy atom. The van der Waals surface area contributed by atoms with E-state index >= 15 is 0 Å². The highest BCUT2D eigenvalue weighted by molar-refractivity contribution is 8.04. The van der Waals surface area contributed by atoms with Gasteiger partial charge in [0.25, 0.3) is 5.91 Å². The summed E-state index contributed by atoms with van der Waals surface area (Å²) >= 11 is 1.61. The van der Waals surface area contributed by atoms with Crippen LogP contribution in [0, 0.1) is 16.7 Å². The van der Waals surface area contributed by atoms with Crippen molar-refractivity contribution in [2.75, 3.05) is 6.54 Å². The highest BCUT2D eigenvalue weighted by atomic mass is 32.2. The van der Waals surface area contributed by atoms with Crippen molar-refractivity contribution in [3.05, 3.63) is 46.9 Å². The molecule has 0 aliphatic carbocycles. The molecule has 1 amide bonds. The van der Waals surface area contributed by atoms with Crippen LogP contribution in [0.25, 0.3) is 0 Å². The zero-order chi connectivity index (χ0) is 28.2. The van der Waals surface area contributed by atoms with Crippen LogP contribution in [-0.4, -0.2) is 42.1 Å². The predicted molar refractivity (Wildman–Crippen MR) is 165 cm³/mol. The van der Waals surface area contributed by atoms with Crippen LogP contribution in [0.1, 0.15) is 93.4 Å². The van der Waals surface area contributed by atoms with Crippen LogP contribution in [-0.2, 0) is 9.59 Å². The van der Waals surface area contributed by atoms with Crippen molar-refractivity contribution >= 4 is 36.0 Å². The maximum Gasteiger partial charge on any atom is 0.257 e. The summed E-state index contributed by atoms with van der Waals surface area (Å²) in [5, 5.41) is 3.28. The second-order valence-electron chi connectivity index (χ2n) is 11.9. The number of thioether (sulfide) groups is 1. The average Bonchev–Trinajstić information content (AvgIpc) is 3.39. The highest BCUT2D eigenvalue weighted by Crippen LogP contribution is 2.42. The number of nitrogens with zero attached hydrogens (tertiary/aromatic N) is 2. The summed E-state index contributed by atoms with van der Waals surface area (Å²) in [6.45, 7) is 15.9. The molecule has 2 heterocycles. The van der Waals surface area contributed by atoms with Gasteiger partial charge in [0, 0.05) is 23.3 Å². The molecule has 2 aliphatic heterocycles. The number of hydrogen-bond donors (Lipinski definition) is 1. The molecule has 0 aromatic carbocycles. The molecular formula is C32H49N3O2S. The lowest BCUT2D eigenvalue weighted by atomic mass is 9.89. The van der Waals surface area contributed by atoms with E-state index in [0.717, 1.165) is 41.4 Å². The topological polar surface area (TPSA) is 70.9 Å². The zero-order valence-electron chi connectivity index (χ0n) is 24.6. The van der Waals surface area contributed by atoms with Gasteiger partial charge in [-0.05, 0) is 44.4 Å². The smallest absolute Gasteiger partial charge is 0.257 e. The molecule has 38 heavy (non-hydrogen) atoms. The van der Waals surface area contributed by atoms with Gasteiger partial charge in [0.05, 0.1) is 17.5 Å². The van der Waals surface area contributed by atoms with Crippen molar-refractivity contribution in [1.82, 2.24) is 5.32 Å². The van der Waals surface area contributed by atoms with Crippen molar-refractivity contribution in [3.63, 3.8) is 0 Å². The van der Waals surface area contributed by atoms with Crippen LogP contribution in [0.3, 0.4) is 0 Å². The van der Waals surface area contributed by atoms with Crippen molar-refractivity contribution in [2.45, 2.75) is 105 Å². The van der Waals surface area contributed by atoms with Crippen LogP contribution in [0.15, 0.2) is 56.9 Å². The number of allylic oxidation sites excluding steroid dienone is 4. The van der Waals surface area contributed by atoms with E-state index in [1.54, 1.807) is 11.8 Å². The minimum Gasteiger partial charge on any atom is -0.342 e. The van der Waals surface area contributed by atoms with Crippen molar-refractivity contribution in [2.24, 2.45) is 26.7 Å². The third-order valence-corrected chi connectivity index (χ3v) is 9.06. The molecule has 0 radical (unpaired) electrons. The molecular weight excluding hydrogens is 490 g/mol. The number of hydrogen-bond acceptors (Lipinski definition) is 5. The van der Waals surface area contributed by atoms with Crippen molar-refractivity contribution in [1.29, 1.82) is 0 Å². The minimum absolute atomic E-state index is 0.123. The van der Waals surface area contributed by atoms with Gasteiger partial charge in [-0.3, -0.25) is 9.79 Å². The lowest BCUT2D eigenvalue weighted by Gasteiger charge is -2.26. The van der Waals surface area contributed by atoms with Crippen LogP contribution in [0.2, 0.25) is 0 Å². The molecule has 0 fully saturated rings. The third-order valence-electron chi connectivity index (χ3n) is 7.27.